The molecule has 2 rings (SSSR count). The zero-order valence-electron chi connectivity index (χ0n) is 8.51. The van der Waals surface area contributed by atoms with Gasteiger partial charge in [0.25, 0.3) is 0 Å². The molecule has 1 N–H and O–H groups in total. The largest absolute Gasteiger partial charge is 0.478 e. The van der Waals surface area contributed by atoms with Crippen molar-refractivity contribution in [1.29, 1.82) is 5.26 Å². The van der Waals surface area contributed by atoms with Crippen LogP contribution in [0, 0.1) is 11.3 Å². The van der Waals surface area contributed by atoms with Gasteiger partial charge in [-0.1, -0.05) is 0 Å². The molecule has 5 nitrogen and oxygen atoms in total. The van der Waals surface area contributed by atoms with E-state index in [1.807, 2.05) is 0 Å². The normalized spacial score (nSPS) is 23.9. The Hall–Kier alpha value is -1.93. The molecule has 0 bridgehead atoms. The van der Waals surface area contributed by atoms with Crippen LogP contribution in [0.1, 0.15) is 22.5 Å². The van der Waals surface area contributed by atoms with Crippen molar-refractivity contribution in [1.82, 2.24) is 4.98 Å². The van der Waals surface area contributed by atoms with Crippen LogP contribution in [0.2, 0.25) is 0 Å². The van der Waals surface area contributed by atoms with E-state index in [-0.39, 0.29) is 5.56 Å². The molecule has 0 aliphatic carbocycles. The molecule has 0 radical (unpaired) electrons. The maximum atomic E-state index is 10.7. The molecular formula is C11H10N2O3. The maximum Gasteiger partial charge on any atom is 0.337 e. The fourth-order valence-electron chi connectivity index (χ4n) is 1.72. The molecule has 0 aromatic carbocycles. The number of aromatic carboxylic acids is 1. The summed E-state index contributed by atoms with van der Waals surface area (Å²) in [5.74, 6) is -1.02. The second-order valence-corrected chi connectivity index (χ2v) is 3.73. The molecule has 2 heterocycles. The molecule has 1 aromatic rings. The summed E-state index contributed by atoms with van der Waals surface area (Å²) in [6.45, 7) is 0.860. The average molecular weight is 218 g/mol. The van der Waals surface area contributed by atoms with Crippen LogP contribution in [-0.4, -0.2) is 29.3 Å². The second kappa shape index (κ2) is 3.91. The molecule has 1 atom stereocenters. The van der Waals surface area contributed by atoms with Crippen molar-refractivity contribution in [3.8, 4) is 6.07 Å². The van der Waals surface area contributed by atoms with E-state index in [0.29, 0.717) is 25.3 Å². The van der Waals surface area contributed by atoms with Crippen LogP contribution in [0.4, 0.5) is 0 Å². The van der Waals surface area contributed by atoms with Gasteiger partial charge in [0.1, 0.15) is 5.41 Å². The second-order valence-electron chi connectivity index (χ2n) is 3.73. The van der Waals surface area contributed by atoms with Crippen LogP contribution in [-0.2, 0) is 10.2 Å². The lowest BCUT2D eigenvalue weighted by Gasteiger charge is -2.17. The van der Waals surface area contributed by atoms with Gasteiger partial charge in [0.15, 0.2) is 0 Å². The van der Waals surface area contributed by atoms with E-state index in [4.69, 9.17) is 15.1 Å². The summed E-state index contributed by atoms with van der Waals surface area (Å²) in [4.78, 5) is 14.7. The van der Waals surface area contributed by atoms with Crippen molar-refractivity contribution in [2.24, 2.45) is 0 Å². The summed E-state index contributed by atoms with van der Waals surface area (Å²) in [5, 5.41) is 17.9. The van der Waals surface area contributed by atoms with E-state index in [1.54, 1.807) is 6.07 Å². The van der Waals surface area contributed by atoms with Gasteiger partial charge in [0.05, 0.1) is 23.9 Å². The Morgan fingerprint density at radius 2 is 2.44 bits per heavy atom. The molecule has 0 spiro atoms. The molecule has 1 aliphatic rings. The molecule has 1 aliphatic heterocycles. The van der Waals surface area contributed by atoms with Crippen molar-refractivity contribution in [3.63, 3.8) is 0 Å². The number of ether oxygens (including phenoxy) is 1. The van der Waals surface area contributed by atoms with Gasteiger partial charge in [0, 0.05) is 12.8 Å². The molecular weight excluding hydrogens is 208 g/mol. The van der Waals surface area contributed by atoms with Crippen molar-refractivity contribution >= 4 is 5.97 Å². The first-order chi connectivity index (χ1) is 7.68. The lowest BCUT2D eigenvalue weighted by Crippen LogP contribution is -2.25. The third kappa shape index (κ3) is 1.64. The molecule has 1 fully saturated rings. The number of nitrogens with zero attached hydrogens (tertiary/aromatic N) is 2. The highest BCUT2D eigenvalue weighted by atomic mass is 16.5. The van der Waals surface area contributed by atoms with Gasteiger partial charge in [-0.15, -0.1) is 0 Å². The Balaban J connectivity index is 2.34. The predicted octanol–water partition coefficient (Wildman–Crippen LogP) is 0.961. The van der Waals surface area contributed by atoms with Gasteiger partial charge in [-0.05, 0) is 18.6 Å². The minimum atomic E-state index is -1.02. The Bertz CT molecular complexity index is 441. The SMILES string of the molecule is N#CC1(c2ccc(C(=O)O)cn2)CCOC1. The molecule has 5 heteroatoms. The molecule has 0 amide bonds. The van der Waals surface area contributed by atoms with Gasteiger partial charge < -0.3 is 9.84 Å². The lowest BCUT2D eigenvalue weighted by atomic mass is 9.85. The Kier molecular flexibility index (Phi) is 2.59. The van der Waals surface area contributed by atoms with Gasteiger partial charge >= 0.3 is 5.97 Å². The highest BCUT2D eigenvalue weighted by molar-refractivity contribution is 5.87. The number of hydrogen-bond acceptors (Lipinski definition) is 4. The van der Waals surface area contributed by atoms with E-state index in [0.717, 1.165) is 0 Å². The van der Waals surface area contributed by atoms with Gasteiger partial charge in [0.2, 0.25) is 0 Å². The molecule has 16 heavy (non-hydrogen) atoms. The minimum absolute atomic E-state index is 0.121. The van der Waals surface area contributed by atoms with Crippen molar-refractivity contribution in [3.05, 3.63) is 29.6 Å². The molecule has 0 saturated carbocycles. The molecule has 1 saturated heterocycles. The standard InChI is InChI=1S/C11H10N2O3/c12-6-11(3-4-16-7-11)9-2-1-8(5-13-9)10(14)15/h1-2,5H,3-4,7H2,(H,14,15). The van der Waals surface area contributed by atoms with E-state index < -0.39 is 11.4 Å². The topological polar surface area (TPSA) is 83.2 Å². The number of carbonyl (C=O) groups is 1. The van der Waals surface area contributed by atoms with Crippen molar-refractivity contribution < 1.29 is 14.6 Å². The van der Waals surface area contributed by atoms with Crippen LogP contribution in [0.15, 0.2) is 18.3 Å². The minimum Gasteiger partial charge on any atom is -0.478 e. The van der Waals surface area contributed by atoms with Crippen LogP contribution in [0.3, 0.4) is 0 Å². The van der Waals surface area contributed by atoms with Crippen LogP contribution in [0.25, 0.3) is 0 Å². The summed E-state index contributed by atoms with van der Waals surface area (Å²) >= 11 is 0. The summed E-state index contributed by atoms with van der Waals surface area (Å²) in [5.41, 5.74) is -0.00919. The maximum absolute atomic E-state index is 10.7. The summed E-state index contributed by atoms with van der Waals surface area (Å²) in [7, 11) is 0. The number of pyridine rings is 1. The number of aromatic nitrogens is 1. The van der Waals surface area contributed by atoms with Crippen LogP contribution >= 0.6 is 0 Å². The predicted molar refractivity (Wildman–Crippen MR) is 53.9 cm³/mol. The Morgan fingerprint density at radius 1 is 1.62 bits per heavy atom. The zero-order chi connectivity index (χ0) is 11.6. The van der Waals surface area contributed by atoms with Gasteiger partial charge in [-0.3, -0.25) is 4.98 Å². The Morgan fingerprint density at radius 3 is 2.88 bits per heavy atom. The zero-order valence-corrected chi connectivity index (χ0v) is 8.51. The monoisotopic (exact) mass is 218 g/mol. The van der Waals surface area contributed by atoms with Crippen LogP contribution < -0.4 is 0 Å². The molecule has 1 aromatic heterocycles. The third-order valence-electron chi connectivity index (χ3n) is 2.74. The quantitative estimate of drug-likeness (QED) is 0.799. The van der Waals surface area contributed by atoms with Crippen molar-refractivity contribution in [2.75, 3.05) is 13.2 Å². The number of hydrogen-bond donors (Lipinski definition) is 1. The fraction of sp³-hybridized carbons (Fsp3) is 0.364. The number of carboxylic acid groups (broad SMARTS) is 1. The number of carboxylic acids is 1. The highest BCUT2D eigenvalue weighted by Crippen LogP contribution is 2.31. The first-order valence-corrected chi connectivity index (χ1v) is 4.87. The van der Waals surface area contributed by atoms with Gasteiger partial charge in [-0.2, -0.15) is 5.26 Å². The van der Waals surface area contributed by atoms with Crippen LogP contribution in [0.5, 0.6) is 0 Å². The summed E-state index contributed by atoms with van der Waals surface area (Å²) in [6.07, 6.45) is 1.87. The van der Waals surface area contributed by atoms with E-state index >= 15 is 0 Å². The van der Waals surface area contributed by atoms with Gasteiger partial charge in [-0.25, -0.2) is 4.79 Å². The number of rotatable bonds is 2. The smallest absolute Gasteiger partial charge is 0.337 e. The number of nitriles is 1. The average Bonchev–Trinajstić information content (AvgIpc) is 2.79. The molecule has 1 unspecified atom stereocenters. The molecule has 82 valence electrons. The van der Waals surface area contributed by atoms with E-state index in [1.165, 1.54) is 12.3 Å². The van der Waals surface area contributed by atoms with Crippen molar-refractivity contribution in [2.45, 2.75) is 11.8 Å². The first kappa shape index (κ1) is 10.6. The summed E-state index contributed by atoms with van der Waals surface area (Å²) < 4.78 is 5.20. The Labute approximate surface area is 92.3 Å². The lowest BCUT2D eigenvalue weighted by molar-refractivity contribution is 0.0696. The van der Waals surface area contributed by atoms with E-state index in [2.05, 4.69) is 11.1 Å². The third-order valence-corrected chi connectivity index (χ3v) is 2.74. The fourth-order valence-corrected chi connectivity index (χ4v) is 1.72. The highest BCUT2D eigenvalue weighted by Gasteiger charge is 2.38. The first-order valence-electron chi connectivity index (χ1n) is 4.87. The summed E-state index contributed by atoms with van der Waals surface area (Å²) in [6, 6.07) is 5.25. The van der Waals surface area contributed by atoms with E-state index in [9.17, 15) is 4.79 Å².